The van der Waals surface area contributed by atoms with Crippen molar-refractivity contribution in [1.82, 2.24) is 0 Å². The standard InChI is InChI=1S/C18H16Cl.C9H13.2CH3.Si.Zr/c1-2-7-14-12-16-15(10-6-11-17(16)19)18(14)13-8-4-3-5-9-13;1-6-5-7(2)9(4)8(6)3;;;;/h3-6,8-12H,2,7H2,1H3;6H,1-4H3;2*1H3;;/q4*-1;;. The first-order chi connectivity index (χ1) is 14.4. The maximum atomic E-state index is 6.33. The van der Waals surface area contributed by atoms with Crippen LogP contribution in [-0.4, -0.2) is 6.88 Å². The van der Waals surface area contributed by atoms with Gasteiger partial charge in [-0.1, -0.05) is 88.1 Å². The average molecular weight is 538 g/mol. The van der Waals surface area contributed by atoms with Crippen molar-refractivity contribution in [3.8, 4) is 11.1 Å². The van der Waals surface area contributed by atoms with Crippen LogP contribution >= 0.6 is 11.6 Å². The molecule has 0 nitrogen and oxygen atoms in total. The Morgan fingerprint density at radius 3 is 2.09 bits per heavy atom. The van der Waals surface area contributed by atoms with Gasteiger partial charge in [-0.2, -0.15) is 11.1 Å². The van der Waals surface area contributed by atoms with Crippen molar-refractivity contribution in [2.24, 2.45) is 5.92 Å². The molecule has 1 aliphatic rings. The minimum atomic E-state index is 0. The van der Waals surface area contributed by atoms with Crippen LogP contribution in [-0.2, 0) is 29.8 Å². The second kappa shape index (κ2) is 14.9. The van der Waals surface area contributed by atoms with Crippen LogP contribution in [0.2, 0.25) is 5.02 Å². The van der Waals surface area contributed by atoms with Gasteiger partial charge in [0.25, 0.3) is 0 Å². The number of hydrogen-bond acceptors (Lipinski definition) is 0. The first-order valence-electron chi connectivity index (χ1n) is 10.4. The molecule has 0 bridgehead atoms. The van der Waals surface area contributed by atoms with E-state index in [1.54, 1.807) is 0 Å². The Kier molecular flexibility index (Phi) is 14.4. The summed E-state index contributed by atoms with van der Waals surface area (Å²) in [6.45, 7) is 13.9. The van der Waals surface area contributed by atoms with Gasteiger partial charge in [0.2, 0.25) is 0 Å². The molecule has 1 atom stereocenters. The molecule has 0 spiro atoms. The molecule has 1 aliphatic carbocycles. The van der Waals surface area contributed by atoms with E-state index in [4.69, 9.17) is 11.6 Å². The molecule has 4 rings (SSSR count). The summed E-state index contributed by atoms with van der Waals surface area (Å²) in [5.74, 6) is 0.560. The van der Waals surface area contributed by atoms with E-state index in [2.05, 4.69) is 90.0 Å². The summed E-state index contributed by atoms with van der Waals surface area (Å²) in [7, 11) is 0. The molecule has 3 heteroatoms. The molecule has 170 valence electrons. The first kappa shape index (κ1) is 30.9. The van der Waals surface area contributed by atoms with Gasteiger partial charge in [-0.3, -0.25) is 6.08 Å². The zero-order chi connectivity index (χ0) is 22.3. The summed E-state index contributed by atoms with van der Waals surface area (Å²) < 4.78 is 0. The monoisotopic (exact) mass is 536 g/mol. The predicted octanol–water partition coefficient (Wildman–Crippen LogP) is 9.07. The Morgan fingerprint density at radius 2 is 1.62 bits per heavy atom. The van der Waals surface area contributed by atoms with Crippen LogP contribution in [0.25, 0.3) is 21.9 Å². The van der Waals surface area contributed by atoms with E-state index in [1.807, 2.05) is 12.1 Å². The summed E-state index contributed by atoms with van der Waals surface area (Å²) in [5, 5.41) is 3.28. The molecule has 0 aliphatic heterocycles. The Hall–Kier alpha value is -1.08. The van der Waals surface area contributed by atoms with Gasteiger partial charge in [0.05, 0.1) is 0 Å². The van der Waals surface area contributed by atoms with Gasteiger partial charge in [-0.25, -0.2) is 5.57 Å². The fraction of sp³-hybridized carbons (Fsp3) is 0.276. The Morgan fingerprint density at radius 1 is 1.00 bits per heavy atom. The predicted molar refractivity (Wildman–Crippen MR) is 143 cm³/mol. The van der Waals surface area contributed by atoms with Crippen molar-refractivity contribution in [2.75, 3.05) is 0 Å². The molecular formula is C29H35ClSiZr-4. The van der Waals surface area contributed by atoms with E-state index in [9.17, 15) is 0 Å². The molecule has 0 aromatic heterocycles. The first-order valence-corrected chi connectivity index (χ1v) is 15.0. The molecule has 0 fully saturated rings. The summed E-state index contributed by atoms with van der Waals surface area (Å²) >= 11 is 7.69. The molecule has 0 heterocycles. The molecule has 1 unspecified atom stereocenters. The van der Waals surface area contributed by atoms with E-state index in [0.717, 1.165) is 17.9 Å². The summed E-state index contributed by atoms with van der Waals surface area (Å²) in [6, 6.07) is 19.0. The second-order valence-corrected chi connectivity index (χ2v) is 8.07. The van der Waals surface area contributed by atoms with Crippen LogP contribution in [0.1, 0.15) is 46.6 Å². The number of benzene rings is 2. The summed E-state index contributed by atoms with van der Waals surface area (Å²) in [4.78, 5) is 0. The Balaban J connectivity index is 0.000000632. The van der Waals surface area contributed by atoms with E-state index < -0.39 is 0 Å². The number of halogens is 1. The SMILES string of the molecule is CC1=[C-]C(C)C(C)=C1C.CCCc1[cH-]c2c(Cl)cccc2c1-c1ccccc1.[CH3-].[CH3-].[Si]=[Zr]. The molecule has 0 N–H and O–H groups in total. The summed E-state index contributed by atoms with van der Waals surface area (Å²) in [6.07, 6.45) is 5.60. The van der Waals surface area contributed by atoms with Crippen molar-refractivity contribution in [1.29, 1.82) is 0 Å². The number of allylic oxidation sites excluding steroid dienone is 4. The molecule has 0 saturated carbocycles. The van der Waals surface area contributed by atoms with Gasteiger partial charge in [-0.05, 0) is 11.4 Å². The molecular weight excluding hydrogens is 503 g/mol. The number of hydrogen-bond donors (Lipinski definition) is 0. The topological polar surface area (TPSA) is 0 Å². The number of aryl methyl sites for hydroxylation is 1. The quantitative estimate of drug-likeness (QED) is 0.231. The molecule has 2 radical (unpaired) electrons. The van der Waals surface area contributed by atoms with Crippen molar-refractivity contribution >= 4 is 29.3 Å². The van der Waals surface area contributed by atoms with Crippen LogP contribution in [0.5, 0.6) is 0 Å². The van der Waals surface area contributed by atoms with E-state index in [-0.39, 0.29) is 14.9 Å². The zero-order valence-corrected chi connectivity index (χ0v) is 24.8. The van der Waals surface area contributed by atoms with Crippen LogP contribution in [0, 0.1) is 26.8 Å². The Labute approximate surface area is 218 Å². The number of fused-ring (bicyclic) bond motifs is 1. The van der Waals surface area contributed by atoms with Gasteiger partial charge >= 0.3 is 30.2 Å². The van der Waals surface area contributed by atoms with Gasteiger partial charge in [0, 0.05) is 0 Å². The molecule has 32 heavy (non-hydrogen) atoms. The fourth-order valence-electron chi connectivity index (χ4n) is 3.90. The van der Waals surface area contributed by atoms with Crippen molar-refractivity contribution in [3.63, 3.8) is 0 Å². The second-order valence-electron chi connectivity index (χ2n) is 7.66. The van der Waals surface area contributed by atoms with Crippen LogP contribution in [0.4, 0.5) is 0 Å². The van der Waals surface area contributed by atoms with Crippen LogP contribution in [0.15, 0.2) is 71.3 Å². The van der Waals surface area contributed by atoms with Crippen LogP contribution in [0.3, 0.4) is 0 Å². The van der Waals surface area contributed by atoms with E-state index >= 15 is 0 Å². The number of rotatable bonds is 3. The normalized spacial score (nSPS) is 14.3. The minimum absolute atomic E-state index is 0. The van der Waals surface area contributed by atoms with Crippen molar-refractivity contribution in [2.45, 2.75) is 47.5 Å². The van der Waals surface area contributed by atoms with Crippen molar-refractivity contribution < 1.29 is 23.3 Å². The third-order valence-corrected chi connectivity index (χ3v) is 6.11. The van der Waals surface area contributed by atoms with Gasteiger partial charge in [0.15, 0.2) is 0 Å². The molecule has 3 aromatic carbocycles. The zero-order valence-electron chi connectivity index (χ0n) is 20.6. The van der Waals surface area contributed by atoms with Crippen LogP contribution < -0.4 is 0 Å². The third-order valence-electron chi connectivity index (χ3n) is 5.78. The van der Waals surface area contributed by atoms with E-state index in [1.165, 1.54) is 67.5 Å². The Bertz CT molecular complexity index is 1040. The molecule has 0 amide bonds. The fourth-order valence-corrected chi connectivity index (χ4v) is 4.12. The van der Waals surface area contributed by atoms with Gasteiger partial charge in [-0.15, -0.1) is 52.6 Å². The van der Waals surface area contributed by atoms with E-state index in [0.29, 0.717) is 5.92 Å². The average Bonchev–Trinajstić information content (AvgIpc) is 3.24. The van der Waals surface area contributed by atoms with Crippen molar-refractivity contribution in [3.05, 3.63) is 103 Å². The molecule has 0 saturated heterocycles. The molecule has 3 aromatic rings. The summed E-state index contributed by atoms with van der Waals surface area (Å²) in [5.41, 5.74) is 8.27. The maximum absolute atomic E-state index is 6.33. The van der Waals surface area contributed by atoms with Gasteiger partial charge < -0.3 is 14.9 Å². The van der Waals surface area contributed by atoms with Gasteiger partial charge in [0.1, 0.15) is 0 Å². The third kappa shape index (κ3) is 7.21.